The van der Waals surface area contributed by atoms with Gasteiger partial charge in [0.25, 0.3) is 0 Å². The summed E-state index contributed by atoms with van der Waals surface area (Å²) in [6, 6.07) is 9.65. The van der Waals surface area contributed by atoms with Crippen LogP contribution in [-0.2, 0) is 6.54 Å². The second-order valence-corrected chi connectivity index (χ2v) is 8.47. The van der Waals surface area contributed by atoms with Crippen LogP contribution in [0.25, 0.3) is 10.2 Å². The third kappa shape index (κ3) is 5.27. The van der Waals surface area contributed by atoms with E-state index in [9.17, 15) is 4.79 Å². The third-order valence-corrected chi connectivity index (χ3v) is 5.67. The number of hydrogen-bond donors (Lipinski definition) is 1. The molecule has 0 radical (unpaired) electrons. The van der Waals surface area contributed by atoms with Crippen molar-refractivity contribution in [2.75, 3.05) is 32.5 Å². The van der Waals surface area contributed by atoms with Crippen LogP contribution in [0.3, 0.4) is 0 Å². The molecule has 0 saturated carbocycles. The summed E-state index contributed by atoms with van der Waals surface area (Å²) in [5.41, 5.74) is 2.78. The number of carbonyl (C=O) groups excluding carboxylic acids is 1. The first-order valence-corrected chi connectivity index (χ1v) is 10.2. The highest BCUT2D eigenvalue weighted by Crippen LogP contribution is 2.29. The number of nitrogens with one attached hydrogen (secondary N) is 1. The number of amides is 2. The van der Waals surface area contributed by atoms with Gasteiger partial charge < -0.3 is 15.1 Å². The van der Waals surface area contributed by atoms with Crippen molar-refractivity contribution < 1.29 is 4.79 Å². The Bertz CT molecular complexity index is 923. The largest absolute Gasteiger partial charge is 0.322 e. The molecule has 0 atom stereocenters. The Balaban J connectivity index is 1.75. The summed E-state index contributed by atoms with van der Waals surface area (Å²) in [5, 5.41) is 4.16. The Morgan fingerprint density at radius 3 is 2.71 bits per heavy atom. The first-order valence-electron chi connectivity index (χ1n) is 9.42. The van der Waals surface area contributed by atoms with Gasteiger partial charge >= 0.3 is 6.03 Å². The normalized spacial score (nSPS) is 11.4. The van der Waals surface area contributed by atoms with E-state index in [0.29, 0.717) is 19.0 Å². The molecule has 0 aliphatic carbocycles. The lowest BCUT2D eigenvalue weighted by atomic mass is 10.2. The molecule has 2 amide bonds. The van der Waals surface area contributed by atoms with Gasteiger partial charge in [0.1, 0.15) is 0 Å². The zero-order valence-electron chi connectivity index (χ0n) is 16.8. The number of thiazole rings is 1. The van der Waals surface area contributed by atoms with E-state index in [2.05, 4.69) is 34.0 Å². The van der Waals surface area contributed by atoms with Crippen LogP contribution in [0, 0.1) is 0 Å². The maximum atomic E-state index is 12.9. The summed E-state index contributed by atoms with van der Waals surface area (Å²) in [4.78, 5) is 25.6. The van der Waals surface area contributed by atoms with E-state index in [0.717, 1.165) is 33.0 Å². The molecule has 0 aliphatic rings. The molecule has 3 aromatic rings. The topological polar surface area (TPSA) is 61.4 Å². The van der Waals surface area contributed by atoms with Gasteiger partial charge in [-0.15, -0.1) is 11.3 Å². The monoisotopic (exact) mass is 397 g/mol. The molecule has 7 heteroatoms. The minimum Gasteiger partial charge on any atom is -0.319 e. The van der Waals surface area contributed by atoms with Gasteiger partial charge in [-0.25, -0.2) is 9.78 Å². The van der Waals surface area contributed by atoms with Gasteiger partial charge in [0.15, 0.2) is 0 Å². The summed E-state index contributed by atoms with van der Waals surface area (Å²) in [6.07, 6.45) is 3.54. The highest BCUT2D eigenvalue weighted by Gasteiger charge is 2.15. The Labute approximate surface area is 170 Å². The van der Waals surface area contributed by atoms with Crippen molar-refractivity contribution in [1.29, 1.82) is 0 Å². The van der Waals surface area contributed by atoms with Gasteiger partial charge in [-0.1, -0.05) is 19.9 Å². The molecule has 1 aromatic carbocycles. The van der Waals surface area contributed by atoms with Crippen molar-refractivity contribution in [3.05, 3.63) is 53.3 Å². The van der Waals surface area contributed by atoms with Crippen molar-refractivity contribution in [2.24, 2.45) is 0 Å². The van der Waals surface area contributed by atoms with Crippen LogP contribution in [0.15, 0.2) is 42.7 Å². The smallest absolute Gasteiger partial charge is 0.319 e. The van der Waals surface area contributed by atoms with Crippen LogP contribution in [0.2, 0.25) is 0 Å². The molecular weight excluding hydrogens is 370 g/mol. The van der Waals surface area contributed by atoms with Gasteiger partial charge in [-0.05, 0) is 43.9 Å². The number of aromatic nitrogens is 2. The number of fused-ring (bicyclic) bond motifs is 1. The summed E-state index contributed by atoms with van der Waals surface area (Å²) in [7, 11) is 4.01. The van der Waals surface area contributed by atoms with Gasteiger partial charge in [0, 0.05) is 43.6 Å². The summed E-state index contributed by atoms with van der Waals surface area (Å²) in [5.74, 6) is 0.399. The van der Waals surface area contributed by atoms with Crippen LogP contribution in [-0.4, -0.2) is 53.0 Å². The molecule has 6 nitrogen and oxygen atoms in total. The number of likely N-dealkylation sites (N-methyl/N-ethyl adjacent to an activating group) is 1. The van der Waals surface area contributed by atoms with E-state index in [1.807, 2.05) is 49.3 Å². The molecule has 28 heavy (non-hydrogen) atoms. The van der Waals surface area contributed by atoms with E-state index in [1.54, 1.807) is 23.7 Å². The molecule has 3 rings (SSSR count). The molecule has 1 N–H and O–H groups in total. The zero-order chi connectivity index (χ0) is 20.1. The third-order valence-electron chi connectivity index (χ3n) is 4.35. The second-order valence-electron chi connectivity index (χ2n) is 7.41. The number of rotatable bonds is 7. The van der Waals surface area contributed by atoms with Gasteiger partial charge in [-0.2, -0.15) is 0 Å². The molecule has 0 unspecified atom stereocenters. The molecule has 0 bridgehead atoms. The molecule has 2 aromatic heterocycles. The van der Waals surface area contributed by atoms with E-state index in [4.69, 9.17) is 0 Å². The lowest BCUT2D eigenvalue weighted by Crippen LogP contribution is -2.39. The number of benzene rings is 1. The molecular formula is C21H27N5OS. The summed E-state index contributed by atoms with van der Waals surface area (Å²) < 4.78 is 1.09. The zero-order valence-corrected chi connectivity index (χ0v) is 17.7. The maximum Gasteiger partial charge on any atom is 0.322 e. The fraction of sp³-hybridized carbons (Fsp3) is 0.381. The van der Waals surface area contributed by atoms with Crippen molar-refractivity contribution in [3.8, 4) is 0 Å². The van der Waals surface area contributed by atoms with Gasteiger partial charge in [0.05, 0.1) is 15.2 Å². The number of nitrogens with zero attached hydrogens (tertiary/aromatic N) is 4. The quantitative estimate of drug-likeness (QED) is 0.641. The Kier molecular flexibility index (Phi) is 6.59. The van der Waals surface area contributed by atoms with Crippen LogP contribution >= 0.6 is 11.3 Å². The van der Waals surface area contributed by atoms with E-state index < -0.39 is 0 Å². The fourth-order valence-electron chi connectivity index (χ4n) is 2.75. The Hall–Kier alpha value is -2.51. The van der Waals surface area contributed by atoms with Crippen LogP contribution in [0.1, 0.15) is 30.3 Å². The number of urea groups is 1. The first kappa shape index (κ1) is 20.2. The molecule has 0 fully saturated rings. The standard InChI is InChI=1S/C21H27N5OS/c1-15(2)20-24-18-8-7-17(12-19(18)28-20)23-21(27)26(11-10-25(3)4)14-16-6-5-9-22-13-16/h5-9,12-13,15H,10-11,14H2,1-4H3,(H,23,27). The number of anilines is 1. The predicted octanol–water partition coefficient (Wildman–Crippen LogP) is 4.41. The van der Waals surface area contributed by atoms with Crippen molar-refractivity contribution in [2.45, 2.75) is 26.3 Å². The van der Waals surface area contributed by atoms with Crippen molar-refractivity contribution in [1.82, 2.24) is 19.8 Å². The average molecular weight is 398 g/mol. The second kappa shape index (κ2) is 9.12. The number of carbonyl (C=O) groups is 1. The highest BCUT2D eigenvalue weighted by molar-refractivity contribution is 7.18. The maximum absolute atomic E-state index is 12.9. The number of pyridine rings is 1. The highest BCUT2D eigenvalue weighted by atomic mass is 32.1. The molecule has 148 valence electrons. The van der Waals surface area contributed by atoms with Crippen molar-refractivity contribution >= 4 is 33.3 Å². The summed E-state index contributed by atoms with van der Waals surface area (Å²) >= 11 is 1.68. The molecule has 0 aliphatic heterocycles. The Morgan fingerprint density at radius 1 is 1.21 bits per heavy atom. The minimum atomic E-state index is -0.112. The van der Waals surface area contributed by atoms with Crippen LogP contribution < -0.4 is 5.32 Å². The van der Waals surface area contributed by atoms with Crippen LogP contribution in [0.4, 0.5) is 10.5 Å². The lowest BCUT2D eigenvalue weighted by Gasteiger charge is -2.24. The van der Waals surface area contributed by atoms with E-state index in [1.165, 1.54) is 0 Å². The predicted molar refractivity (Wildman–Crippen MR) is 116 cm³/mol. The summed E-state index contributed by atoms with van der Waals surface area (Å²) in [6.45, 7) is 6.23. The first-order chi connectivity index (χ1) is 13.4. The van der Waals surface area contributed by atoms with E-state index in [-0.39, 0.29) is 6.03 Å². The number of hydrogen-bond acceptors (Lipinski definition) is 5. The SMILES string of the molecule is CC(C)c1nc2ccc(NC(=O)N(CCN(C)C)Cc3cccnc3)cc2s1. The minimum absolute atomic E-state index is 0.112. The molecule has 0 saturated heterocycles. The van der Waals surface area contributed by atoms with Crippen molar-refractivity contribution in [3.63, 3.8) is 0 Å². The van der Waals surface area contributed by atoms with Crippen LogP contribution in [0.5, 0.6) is 0 Å². The van der Waals surface area contributed by atoms with Gasteiger partial charge in [-0.3, -0.25) is 4.98 Å². The average Bonchev–Trinajstić information content (AvgIpc) is 3.09. The lowest BCUT2D eigenvalue weighted by molar-refractivity contribution is 0.202. The fourth-order valence-corrected chi connectivity index (χ4v) is 3.76. The molecule has 2 heterocycles. The molecule has 0 spiro atoms. The van der Waals surface area contributed by atoms with Gasteiger partial charge in [0.2, 0.25) is 0 Å². The van der Waals surface area contributed by atoms with E-state index >= 15 is 0 Å². The Morgan fingerprint density at radius 2 is 2.04 bits per heavy atom.